The second-order valence-electron chi connectivity index (χ2n) is 4.62. The number of carbonyl (C=O) groups is 1. The molecule has 0 bridgehead atoms. The van der Waals surface area contributed by atoms with E-state index in [1.807, 2.05) is 31.2 Å². The highest BCUT2D eigenvalue weighted by atomic mass is 16.5. The first-order chi connectivity index (χ1) is 10.1. The van der Waals surface area contributed by atoms with E-state index in [2.05, 4.69) is 10.2 Å². The molecule has 3 aromatic rings. The number of fused-ring (bicyclic) bond motifs is 1. The van der Waals surface area contributed by atoms with Gasteiger partial charge in [0, 0.05) is 5.39 Å². The first-order valence-corrected chi connectivity index (χ1v) is 6.38. The Kier molecular flexibility index (Phi) is 3.23. The van der Waals surface area contributed by atoms with Crippen LogP contribution < -0.4 is 4.74 Å². The van der Waals surface area contributed by atoms with E-state index >= 15 is 0 Å². The molecule has 5 heteroatoms. The van der Waals surface area contributed by atoms with Gasteiger partial charge in [-0.15, -0.1) is 10.2 Å². The number of aromatic carboxylic acids is 1. The van der Waals surface area contributed by atoms with Gasteiger partial charge in [0.05, 0.1) is 5.52 Å². The Hall–Kier alpha value is -2.95. The van der Waals surface area contributed by atoms with Crippen molar-refractivity contribution in [2.75, 3.05) is 0 Å². The normalized spacial score (nSPS) is 10.5. The largest absolute Gasteiger partial charge is 0.476 e. The summed E-state index contributed by atoms with van der Waals surface area (Å²) < 4.78 is 5.78. The molecule has 0 saturated heterocycles. The number of hydrogen-bond donors (Lipinski definition) is 1. The highest BCUT2D eigenvalue weighted by Gasteiger charge is 2.18. The second-order valence-corrected chi connectivity index (χ2v) is 4.62. The molecule has 1 N–H and O–H groups in total. The quantitative estimate of drug-likeness (QED) is 0.795. The van der Waals surface area contributed by atoms with Crippen molar-refractivity contribution in [2.45, 2.75) is 6.92 Å². The molecule has 0 fully saturated rings. The van der Waals surface area contributed by atoms with Gasteiger partial charge >= 0.3 is 5.97 Å². The van der Waals surface area contributed by atoms with Gasteiger partial charge < -0.3 is 9.84 Å². The average molecular weight is 280 g/mol. The Morgan fingerprint density at radius 1 is 1.10 bits per heavy atom. The summed E-state index contributed by atoms with van der Waals surface area (Å²) in [6, 6.07) is 14.5. The van der Waals surface area contributed by atoms with E-state index in [0.29, 0.717) is 16.7 Å². The molecular formula is C16H12N2O3. The predicted octanol–water partition coefficient (Wildman–Crippen LogP) is 3.43. The summed E-state index contributed by atoms with van der Waals surface area (Å²) in [5.41, 5.74) is 1.41. The Morgan fingerprint density at radius 2 is 1.90 bits per heavy atom. The summed E-state index contributed by atoms with van der Waals surface area (Å²) in [5, 5.41) is 17.6. The predicted molar refractivity (Wildman–Crippen MR) is 77.8 cm³/mol. The first kappa shape index (κ1) is 13.1. The minimum Gasteiger partial charge on any atom is -0.476 e. The molecular weight excluding hydrogens is 268 g/mol. The lowest BCUT2D eigenvalue weighted by atomic mass is 10.2. The molecule has 0 unspecified atom stereocenters. The summed E-state index contributed by atoms with van der Waals surface area (Å²) in [7, 11) is 0. The molecule has 3 rings (SSSR count). The van der Waals surface area contributed by atoms with Crippen LogP contribution in [0, 0.1) is 6.92 Å². The number of aryl methyl sites for hydroxylation is 1. The van der Waals surface area contributed by atoms with Crippen molar-refractivity contribution in [3.05, 3.63) is 59.8 Å². The smallest absolute Gasteiger partial charge is 0.360 e. The second kappa shape index (κ2) is 5.20. The first-order valence-electron chi connectivity index (χ1n) is 6.38. The SMILES string of the molecule is Cc1cccc(Oc2c(C(=O)O)nnc3ccccc23)c1. The van der Waals surface area contributed by atoms with Crippen LogP contribution in [0.2, 0.25) is 0 Å². The number of nitrogens with zero attached hydrogens (tertiary/aromatic N) is 2. The van der Waals surface area contributed by atoms with E-state index in [1.165, 1.54) is 0 Å². The molecule has 0 saturated carbocycles. The zero-order valence-corrected chi connectivity index (χ0v) is 11.3. The molecule has 104 valence electrons. The Labute approximate surface area is 120 Å². The fourth-order valence-electron chi connectivity index (χ4n) is 2.07. The van der Waals surface area contributed by atoms with Crippen LogP contribution in [0.15, 0.2) is 48.5 Å². The zero-order chi connectivity index (χ0) is 14.8. The van der Waals surface area contributed by atoms with Gasteiger partial charge in [0.25, 0.3) is 0 Å². The van der Waals surface area contributed by atoms with E-state index in [-0.39, 0.29) is 11.4 Å². The van der Waals surface area contributed by atoms with Crippen molar-refractivity contribution < 1.29 is 14.6 Å². The molecule has 0 aliphatic rings. The van der Waals surface area contributed by atoms with Gasteiger partial charge in [-0.3, -0.25) is 0 Å². The number of carboxylic acids is 1. The molecule has 0 spiro atoms. The van der Waals surface area contributed by atoms with Crippen molar-refractivity contribution in [3.63, 3.8) is 0 Å². The number of benzene rings is 2. The van der Waals surface area contributed by atoms with E-state index < -0.39 is 5.97 Å². The minimum atomic E-state index is -1.17. The monoisotopic (exact) mass is 280 g/mol. The fourth-order valence-corrected chi connectivity index (χ4v) is 2.07. The molecule has 0 radical (unpaired) electrons. The maximum absolute atomic E-state index is 11.3. The van der Waals surface area contributed by atoms with Gasteiger partial charge in [0.2, 0.25) is 5.69 Å². The van der Waals surface area contributed by atoms with Gasteiger partial charge in [0.1, 0.15) is 5.75 Å². The van der Waals surface area contributed by atoms with Crippen LogP contribution in [0.4, 0.5) is 0 Å². The van der Waals surface area contributed by atoms with Crippen molar-refractivity contribution in [2.24, 2.45) is 0 Å². The summed E-state index contributed by atoms with van der Waals surface area (Å²) >= 11 is 0. The van der Waals surface area contributed by atoms with Crippen LogP contribution in [-0.4, -0.2) is 21.3 Å². The van der Waals surface area contributed by atoms with Gasteiger partial charge in [-0.1, -0.05) is 24.3 Å². The van der Waals surface area contributed by atoms with Gasteiger partial charge in [0.15, 0.2) is 5.75 Å². The molecule has 0 atom stereocenters. The molecule has 2 aromatic carbocycles. The van der Waals surface area contributed by atoms with Crippen LogP contribution in [0.5, 0.6) is 11.5 Å². The van der Waals surface area contributed by atoms with Crippen LogP contribution >= 0.6 is 0 Å². The Bertz CT molecular complexity index is 831. The van der Waals surface area contributed by atoms with Gasteiger partial charge in [-0.05, 0) is 36.8 Å². The summed E-state index contributed by atoms with van der Waals surface area (Å²) in [5.74, 6) is -0.398. The van der Waals surface area contributed by atoms with Crippen LogP contribution in [0.1, 0.15) is 16.1 Å². The van der Waals surface area contributed by atoms with Crippen molar-refractivity contribution in [1.82, 2.24) is 10.2 Å². The fraction of sp³-hybridized carbons (Fsp3) is 0.0625. The number of hydrogen-bond acceptors (Lipinski definition) is 4. The van der Waals surface area contributed by atoms with Crippen molar-refractivity contribution in [1.29, 1.82) is 0 Å². The highest BCUT2D eigenvalue weighted by Crippen LogP contribution is 2.31. The summed E-state index contributed by atoms with van der Waals surface area (Å²) in [4.78, 5) is 11.3. The lowest BCUT2D eigenvalue weighted by Crippen LogP contribution is -2.06. The van der Waals surface area contributed by atoms with Crippen LogP contribution in [0.25, 0.3) is 10.9 Å². The molecule has 1 aromatic heterocycles. The molecule has 0 amide bonds. The molecule has 21 heavy (non-hydrogen) atoms. The molecule has 0 aliphatic carbocycles. The lowest BCUT2D eigenvalue weighted by molar-refractivity contribution is 0.0686. The summed E-state index contributed by atoms with van der Waals surface area (Å²) in [6.45, 7) is 1.94. The molecule has 1 heterocycles. The molecule has 5 nitrogen and oxygen atoms in total. The van der Waals surface area contributed by atoms with Crippen molar-refractivity contribution >= 4 is 16.9 Å². The van der Waals surface area contributed by atoms with Crippen LogP contribution in [-0.2, 0) is 0 Å². The third-order valence-corrected chi connectivity index (χ3v) is 3.03. The van der Waals surface area contributed by atoms with E-state index in [1.54, 1.807) is 24.3 Å². The van der Waals surface area contributed by atoms with E-state index in [0.717, 1.165) is 5.56 Å². The summed E-state index contributed by atoms with van der Waals surface area (Å²) in [6.07, 6.45) is 0. The minimum absolute atomic E-state index is 0.199. The van der Waals surface area contributed by atoms with E-state index in [4.69, 9.17) is 4.74 Å². The number of aromatic nitrogens is 2. The van der Waals surface area contributed by atoms with Gasteiger partial charge in [-0.25, -0.2) is 4.79 Å². The average Bonchev–Trinajstić information content (AvgIpc) is 2.47. The Balaban J connectivity index is 2.18. The van der Waals surface area contributed by atoms with Crippen LogP contribution in [0.3, 0.4) is 0 Å². The number of ether oxygens (including phenoxy) is 1. The Morgan fingerprint density at radius 3 is 2.67 bits per heavy atom. The number of carboxylic acid groups (broad SMARTS) is 1. The van der Waals surface area contributed by atoms with Gasteiger partial charge in [-0.2, -0.15) is 0 Å². The standard InChI is InChI=1S/C16H12N2O3/c1-10-5-4-6-11(9-10)21-15-12-7-2-3-8-13(12)17-18-14(15)16(19)20/h2-9H,1H3,(H,19,20). The van der Waals surface area contributed by atoms with E-state index in [9.17, 15) is 9.90 Å². The maximum Gasteiger partial charge on any atom is 0.360 e. The highest BCUT2D eigenvalue weighted by molar-refractivity contribution is 5.96. The maximum atomic E-state index is 11.3. The third kappa shape index (κ3) is 2.53. The number of rotatable bonds is 3. The third-order valence-electron chi connectivity index (χ3n) is 3.03. The zero-order valence-electron chi connectivity index (χ0n) is 11.3. The molecule has 0 aliphatic heterocycles. The lowest BCUT2D eigenvalue weighted by Gasteiger charge is -2.10. The topological polar surface area (TPSA) is 72.3 Å². The van der Waals surface area contributed by atoms with Crippen molar-refractivity contribution in [3.8, 4) is 11.5 Å².